The molecule has 5 nitrogen and oxygen atoms in total. The number of H-pyrrole nitrogens is 1. The third kappa shape index (κ3) is 2.78. The van der Waals surface area contributed by atoms with Crippen molar-refractivity contribution >= 4 is 33.1 Å². The molecule has 0 saturated heterocycles. The SMILES string of the molecule is O=C(OCc1nc2ncc(Br)cc2[nH]1)C1CCCC1. The molecule has 3 rings (SSSR count). The third-order valence-corrected chi connectivity index (χ3v) is 3.83. The molecule has 0 bridgehead atoms. The van der Waals surface area contributed by atoms with Crippen molar-refractivity contribution in [2.75, 3.05) is 0 Å². The average molecular weight is 324 g/mol. The van der Waals surface area contributed by atoms with Crippen molar-refractivity contribution in [3.05, 3.63) is 22.6 Å². The lowest BCUT2D eigenvalue weighted by molar-refractivity contribution is -0.149. The van der Waals surface area contributed by atoms with Crippen LogP contribution in [0.4, 0.5) is 0 Å². The summed E-state index contributed by atoms with van der Waals surface area (Å²) < 4.78 is 6.19. The topological polar surface area (TPSA) is 67.9 Å². The maximum atomic E-state index is 11.8. The summed E-state index contributed by atoms with van der Waals surface area (Å²) in [4.78, 5) is 23.4. The number of nitrogens with zero attached hydrogens (tertiary/aromatic N) is 2. The van der Waals surface area contributed by atoms with Crippen LogP contribution in [0.5, 0.6) is 0 Å². The smallest absolute Gasteiger partial charge is 0.309 e. The number of nitrogens with one attached hydrogen (secondary N) is 1. The summed E-state index contributed by atoms with van der Waals surface area (Å²) in [5, 5.41) is 0. The summed E-state index contributed by atoms with van der Waals surface area (Å²) in [6.07, 6.45) is 5.85. The van der Waals surface area contributed by atoms with Gasteiger partial charge in [-0.25, -0.2) is 9.97 Å². The van der Waals surface area contributed by atoms with Gasteiger partial charge in [-0.1, -0.05) is 12.8 Å². The van der Waals surface area contributed by atoms with Gasteiger partial charge in [0, 0.05) is 10.7 Å². The van der Waals surface area contributed by atoms with Gasteiger partial charge >= 0.3 is 5.97 Å². The van der Waals surface area contributed by atoms with E-state index in [0.29, 0.717) is 11.5 Å². The first-order valence-corrected chi connectivity index (χ1v) is 7.18. The first kappa shape index (κ1) is 12.6. The number of hydrogen-bond acceptors (Lipinski definition) is 4. The van der Waals surface area contributed by atoms with Gasteiger partial charge in [-0.2, -0.15) is 0 Å². The molecule has 1 saturated carbocycles. The van der Waals surface area contributed by atoms with Crippen molar-refractivity contribution in [2.24, 2.45) is 5.92 Å². The fourth-order valence-corrected chi connectivity index (χ4v) is 2.74. The van der Waals surface area contributed by atoms with Gasteiger partial charge in [0.1, 0.15) is 12.4 Å². The molecule has 19 heavy (non-hydrogen) atoms. The Bertz CT molecular complexity index is 605. The van der Waals surface area contributed by atoms with E-state index in [1.807, 2.05) is 6.07 Å². The van der Waals surface area contributed by atoms with E-state index >= 15 is 0 Å². The van der Waals surface area contributed by atoms with Gasteiger partial charge in [-0.3, -0.25) is 4.79 Å². The molecule has 0 aliphatic heterocycles. The van der Waals surface area contributed by atoms with E-state index in [-0.39, 0.29) is 18.5 Å². The number of aromatic amines is 1. The molecular weight excluding hydrogens is 310 g/mol. The Labute approximate surface area is 118 Å². The van der Waals surface area contributed by atoms with Crippen molar-refractivity contribution in [3.63, 3.8) is 0 Å². The average Bonchev–Trinajstić information content (AvgIpc) is 3.04. The third-order valence-electron chi connectivity index (χ3n) is 3.39. The van der Waals surface area contributed by atoms with E-state index in [0.717, 1.165) is 35.7 Å². The Morgan fingerprint density at radius 2 is 2.26 bits per heavy atom. The van der Waals surface area contributed by atoms with E-state index in [1.165, 1.54) is 0 Å². The number of fused-ring (bicyclic) bond motifs is 1. The van der Waals surface area contributed by atoms with Crippen LogP contribution in [0.1, 0.15) is 31.5 Å². The summed E-state index contributed by atoms with van der Waals surface area (Å²) in [6, 6.07) is 1.90. The molecule has 0 atom stereocenters. The molecule has 1 N–H and O–H groups in total. The molecule has 1 aliphatic rings. The Morgan fingerprint density at radius 3 is 3.05 bits per heavy atom. The van der Waals surface area contributed by atoms with E-state index in [9.17, 15) is 4.79 Å². The zero-order valence-corrected chi connectivity index (χ0v) is 11.9. The second-order valence-electron chi connectivity index (χ2n) is 4.80. The number of rotatable bonds is 3. The van der Waals surface area contributed by atoms with Crippen LogP contribution in [0.15, 0.2) is 16.7 Å². The maximum Gasteiger partial charge on any atom is 0.309 e. The standard InChI is InChI=1S/C13H14BrN3O2/c14-9-5-10-12(15-6-9)17-11(16-10)7-19-13(18)8-3-1-2-4-8/h5-6,8H,1-4,7H2,(H,15,16,17). The number of pyridine rings is 1. The Hall–Kier alpha value is -1.43. The quantitative estimate of drug-likeness (QED) is 0.882. The van der Waals surface area contributed by atoms with Crippen LogP contribution in [0, 0.1) is 5.92 Å². The predicted molar refractivity (Wildman–Crippen MR) is 73.3 cm³/mol. The van der Waals surface area contributed by atoms with Crippen LogP contribution >= 0.6 is 15.9 Å². The number of esters is 1. The van der Waals surface area contributed by atoms with Crippen LogP contribution in [0.3, 0.4) is 0 Å². The fraction of sp³-hybridized carbons (Fsp3) is 0.462. The molecule has 0 amide bonds. The zero-order chi connectivity index (χ0) is 13.2. The first-order chi connectivity index (χ1) is 9.22. The van der Waals surface area contributed by atoms with Crippen LogP contribution in [-0.2, 0) is 16.1 Å². The molecule has 1 aliphatic carbocycles. The predicted octanol–water partition coefficient (Wildman–Crippen LogP) is 2.95. The second-order valence-corrected chi connectivity index (χ2v) is 5.71. The summed E-state index contributed by atoms with van der Waals surface area (Å²) in [6.45, 7) is 0.184. The summed E-state index contributed by atoms with van der Waals surface area (Å²) in [7, 11) is 0. The molecule has 100 valence electrons. The van der Waals surface area contributed by atoms with Gasteiger partial charge in [0.15, 0.2) is 5.65 Å². The number of hydrogen-bond donors (Lipinski definition) is 1. The van der Waals surface area contributed by atoms with Crippen molar-refractivity contribution in [3.8, 4) is 0 Å². The summed E-state index contributed by atoms with van der Waals surface area (Å²) in [5.41, 5.74) is 1.47. The van der Waals surface area contributed by atoms with Gasteiger partial charge in [-0.05, 0) is 34.8 Å². The summed E-state index contributed by atoms with van der Waals surface area (Å²) in [5.74, 6) is 0.607. The highest BCUT2D eigenvalue weighted by Gasteiger charge is 2.24. The van der Waals surface area contributed by atoms with E-state index in [1.54, 1.807) is 6.20 Å². The molecule has 6 heteroatoms. The largest absolute Gasteiger partial charge is 0.457 e. The van der Waals surface area contributed by atoms with E-state index < -0.39 is 0 Å². The molecule has 0 unspecified atom stereocenters. The van der Waals surface area contributed by atoms with Crippen LogP contribution in [0.2, 0.25) is 0 Å². The monoisotopic (exact) mass is 323 g/mol. The molecule has 2 aromatic heterocycles. The fourth-order valence-electron chi connectivity index (χ4n) is 2.41. The van der Waals surface area contributed by atoms with Crippen LogP contribution in [-0.4, -0.2) is 20.9 Å². The first-order valence-electron chi connectivity index (χ1n) is 6.39. The number of aromatic nitrogens is 3. The van der Waals surface area contributed by atoms with Gasteiger partial charge in [0.05, 0.1) is 11.4 Å². The Kier molecular flexibility index (Phi) is 3.50. The molecule has 2 aromatic rings. The number of carbonyl (C=O) groups excluding carboxylic acids is 1. The van der Waals surface area contributed by atoms with Gasteiger partial charge in [-0.15, -0.1) is 0 Å². The minimum Gasteiger partial charge on any atom is -0.457 e. The van der Waals surface area contributed by atoms with Gasteiger partial charge < -0.3 is 9.72 Å². The highest BCUT2D eigenvalue weighted by Crippen LogP contribution is 2.26. The normalized spacial score (nSPS) is 16.1. The van der Waals surface area contributed by atoms with Gasteiger partial charge in [0.25, 0.3) is 0 Å². The van der Waals surface area contributed by atoms with Crippen LogP contribution in [0.25, 0.3) is 11.2 Å². The number of ether oxygens (including phenoxy) is 1. The number of imidazole rings is 1. The lowest BCUT2D eigenvalue weighted by Crippen LogP contribution is -2.14. The Morgan fingerprint density at radius 1 is 1.47 bits per heavy atom. The lowest BCUT2D eigenvalue weighted by atomic mass is 10.1. The van der Waals surface area contributed by atoms with Crippen molar-refractivity contribution in [2.45, 2.75) is 32.3 Å². The molecule has 2 heterocycles. The molecule has 1 fully saturated rings. The minimum atomic E-state index is -0.105. The number of carbonyl (C=O) groups is 1. The lowest BCUT2D eigenvalue weighted by Gasteiger charge is -2.07. The second kappa shape index (κ2) is 5.28. The van der Waals surface area contributed by atoms with Crippen molar-refractivity contribution in [1.82, 2.24) is 15.0 Å². The van der Waals surface area contributed by atoms with E-state index in [2.05, 4.69) is 30.9 Å². The Balaban J connectivity index is 1.66. The molecular formula is C13H14BrN3O2. The highest BCUT2D eigenvalue weighted by molar-refractivity contribution is 9.10. The molecule has 0 spiro atoms. The molecule has 0 radical (unpaired) electrons. The summed E-state index contributed by atoms with van der Waals surface area (Å²) >= 11 is 3.35. The van der Waals surface area contributed by atoms with Gasteiger partial charge in [0.2, 0.25) is 0 Å². The van der Waals surface area contributed by atoms with Crippen molar-refractivity contribution < 1.29 is 9.53 Å². The van der Waals surface area contributed by atoms with Crippen LogP contribution < -0.4 is 0 Å². The highest BCUT2D eigenvalue weighted by atomic mass is 79.9. The number of halogens is 1. The minimum absolute atomic E-state index is 0.0802. The van der Waals surface area contributed by atoms with Crippen molar-refractivity contribution in [1.29, 1.82) is 0 Å². The van der Waals surface area contributed by atoms with E-state index in [4.69, 9.17) is 4.74 Å². The maximum absolute atomic E-state index is 11.8. The molecule has 0 aromatic carbocycles. The zero-order valence-electron chi connectivity index (χ0n) is 10.4.